The fraction of sp³-hybridized carbons (Fsp3) is 0.208. The molecule has 0 bridgehead atoms. The molecule has 1 N–H and O–H groups in total. The van der Waals surface area contributed by atoms with Gasteiger partial charge in [-0.15, -0.1) is 0 Å². The molecule has 164 valence electrons. The van der Waals surface area contributed by atoms with Crippen LogP contribution in [0.1, 0.15) is 11.1 Å². The summed E-state index contributed by atoms with van der Waals surface area (Å²) >= 11 is 0. The van der Waals surface area contributed by atoms with E-state index in [0.29, 0.717) is 34.3 Å². The second-order valence-corrected chi connectivity index (χ2v) is 6.20. The second kappa shape index (κ2) is 11.3. The van der Waals surface area contributed by atoms with Crippen LogP contribution in [0.2, 0.25) is 0 Å². The molecular weight excluding hydrogens is 400 g/mol. The Labute approximate surface area is 181 Å². The normalized spacial score (nSPS) is 11.6. The lowest BCUT2D eigenvalue weighted by Gasteiger charge is -2.12. The number of benzene rings is 2. The predicted octanol–water partition coefficient (Wildman–Crippen LogP) is 4.47. The van der Waals surface area contributed by atoms with Crippen molar-refractivity contribution >= 4 is 17.9 Å². The molecule has 0 spiro atoms. The number of hydrogen-bond donors (Lipinski definition) is 1. The highest BCUT2D eigenvalue weighted by molar-refractivity contribution is 6.02. The summed E-state index contributed by atoms with van der Waals surface area (Å²) in [6.45, 7) is 0. The maximum absolute atomic E-state index is 12.1. The highest BCUT2D eigenvalue weighted by Gasteiger charge is 2.10. The number of methoxy groups -OCH3 is 5. The highest BCUT2D eigenvalue weighted by atomic mass is 16.5. The molecule has 0 amide bonds. The Balaban J connectivity index is 2.15. The van der Waals surface area contributed by atoms with Gasteiger partial charge in [0.2, 0.25) is 0 Å². The van der Waals surface area contributed by atoms with Crippen LogP contribution in [-0.2, 0) is 4.79 Å². The third-order valence-corrected chi connectivity index (χ3v) is 4.31. The molecule has 0 saturated heterocycles. The summed E-state index contributed by atoms with van der Waals surface area (Å²) in [7, 11) is 7.67. The van der Waals surface area contributed by atoms with Crippen LogP contribution in [0.5, 0.6) is 28.7 Å². The van der Waals surface area contributed by atoms with Crippen LogP contribution in [0.4, 0.5) is 0 Å². The summed E-state index contributed by atoms with van der Waals surface area (Å²) in [4.78, 5) is 12.1. The number of rotatable bonds is 10. The van der Waals surface area contributed by atoms with Crippen molar-refractivity contribution in [2.75, 3.05) is 35.5 Å². The van der Waals surface area contributed by atoms with Gasteiger partial charge in [0, 0.05) is 17.7 Å². The van der Waals surface area contributed by atoms with Crippen LogP contribution >= 0.6 is 0 Å². The van der Waals surface area contributed by atoms with Crippen LogP contribution in [0.25, 0.3) is 12.2 Å². The van der Waals surface area contributed by atoms with Gasteiger partial charge < -0.3 is 28.8 Å². The van der Waals surface area contributed by atoms with Crippen molar-refractivity contribution in [1.29, 1.82) is 0 Å². The van der Waals surface area contributed by atoms with Gasteiger partial charge in [0.05, 0.1) is 35.5 Å². The third kappa shape index (κ3) is 6.30. The van der Waals surface area contributed by atoms with Gasteiger partial charge in [0.1, 0.15) is 11.5 Å². The summed E-state index contributed by atoms with van der Waals surface area (Å²) in [6.07, 6.45) is 7.09. The molecule has 0 unspecified atom stereocenters. The summed E-state index contributed by atoms with van der Waals surface area (Å²) in [5.74, 6) is 2.13. The van der Waals surface area contributed by atoms with E-state index in [2.05, 4.69) is 0 Å². The topological polar surface area (TPSA) is 83.5 Å². The second-order valence-electron chi connectivity index (χ2n) is 6.20. The molecule has 0 atom stereocenters. The molecule has 0 fully saturated rings. The minimum atomic E-state index is -0.379. The number of aliphatic hydroxyl groups is 1. The fourth-order valence-corrected chi connectivity index (χ4v) is 2.74. The maximum Gasteiger partial charge on any atom is 0.182 e. The first-order valence-electron chi connectivity index (χ1n) is 9.28. The summed E-state index contributed by atoms with van der Waals surface area (Å²) in [5.41, 5.74) is 1.40. The molecule has 2 aromatic rings. The number of hydrogen-bond acceptors (Lipinski definition) is 7. The fourth-order valence-electron chi connectivity index (χ4n) is 2.74. The van der Waals surface area contributed by atoms with E-state index in [4.69, 9.17) is 23.7 Å². The smallest absolute Gasteiger partial charge is 0.182 e. The van der Waals surface area contributed by atoms with E-state index in [9.17, 15) is 9.90 Å². The Kier molecular flexibility index (Phi) is 8.57. The van der Waals surface area contributed by atoms with Crippen LogP contribution in [0.15, 0.2) is 54.3 Å². The van der Waals surface area contributed by atoms with E-state index in [0.717, 1.165) is 11.6 Å². The van der Waals surface area contributed by atoms with Crippen molar-refractivity contribution in [3.63, 3.8) is 0 Å². The minimum Gasteiger partial charge on any atom is -0.508 e. The van der Waals surface area contributed by atoms with E-state index < -0.39 is 0 Å². The van der Waals surface area contributed by atoms with Gasteiger partial charge in [0.15, 0.2) is 28.8 Å². The Morgan fingerprint density at radius 2 is 1.29 bits per heavy atom. The van der Waals surface area contributed by atoms with Crippen molar-refractivity contribution < 1.29 is 33.6 Å². The van der Waals surface area contributed by atoms with Crippen molar-refractivity contribution in [1.82, 2.24) is 0 Å². The van der Waals surface area contributed by atoms with Crippen molar-refractivity contribution in [2.24, 2.45) is 0 Å². The average molecular weight is 426 g/mol. The number of carbonyl (C=O) groups excluding carboxylic acids is 1. The van der Waals surface area contributed by atoms with Crippen molar-refractivity contribution in [2.45, 2.75) is 0 Å². The molecular formula is C24H26O7. The van der Waals surface area contributed by atoms with Gasteiger partial charge in [-0.2, -0.15) is 0 Å². The monoisotopic (exact) mass is 426 g/mol. The number of ketones is 1. The molecule has 0 radical (unpaired) electrons. The molecule has 7 nitrogen and oxygen atoms in total. The molecule has 0 aromatic heterocycles. The Bertz CT molecular complexity index is 1000. The maximum atomic E-state index is 12.1. The lowest BCUT2D eigenvalue weighted by Crippen LogP contribution is -1.94. The first kappa shape index (κ1) is 23.4. The molecule has 0 aliphatic heterocycles. The zero-order chi connectivity index (χ0) is 22.8. The largest absolute Gasteiger partial charge is 0.508 e. The highest BCUT2D eigenvalue weighted by Crippen LogP contribution is 2.35. The standard InChI is InChI=1S/C24H26O7/c1-27-20-11-7-16(12-22(20)29-3)6-9-18(25)14-19(26)10-8-17-13-23(30-4)24(31-5)15-21(17)28-2/h6-15,26H,1-5H3/b9-6+,10-8+,19-14-. The Morgan fingerprint density at radius 1 is 0.710 bits per heavy atom. The van der Waals surface area contributed by atoms with E-state index in [1.807, 2.05) is 0 Å². The molecule has 7 heteroatoms. The van der Waals surface area contributed by atoms with Crippen LogP contribution in [0, 0.1) is 0 Å². The first-order chi connectivity index (χ1) is 14.9. The predicted molar refractivity (Wildman–Crippen MR) is 119 cm³/mol. The lowest BCUT2D eigenvalue weighted by molar-refractivity contribution is -0.110. The van der Waals surface area contributed by atoms with Crippen molar-refractivity contribution in [3.8, 4) is 28.7 Å². The van der Waals surface area contributed by atoms with Crippen LogP contribution in [0.3, 0.4) is 0 Å². The zero-order valence-corrected chi connectivity index (χ0v) is 18.2. The summed E-state index contributed by atoms with van der Waals surface area (Å²) < 4.78 is 26.3. The Hall–Kier alpha value is -3.87. The quantitative estimate of drug-likeness (QED) is 0.341. The van der Waals surface area contributed by atoms with E-state index in [1.165, 1.54) is 40.6 Å². The molecule has 2 rings (SSSR count). The molecule has 0 heterocycles. The molecule has 2 aromatic carbocycles. The molecule has 0 aliphatic rings. The van der Waals surface area contributed by atoms with Gasteiger partial charge in [-0.05, 0) is 42.0 Å². The van der Waals surface area contributed by atoms with Gasteiger partial charge in [-0.3, -0.25) is 4.79 Å². The van der Waals surface area contributed by atoms with Gasteiger partial charge >= 0.3 is 0 Å². The third-order valence-electron chi connectivity index (χ3n) is 4.31. The van der Waals surface area contributed by atoms with Gasteiger partial charge in [0.25, 0.3) is 0 Å². The van der Waals surface area contributed by atoms with E-state index in [1.54, 1.807) is 49.6 Å². The van der Waals surface area contributed by atoms with Gasteiger partial charge in [-0.1, -0.05) is 12.1 Å². The number of ether oxygens (including phenoxy) is 5. The summed E-state index contributed by atoms with van der Waals surface area (Å²) in [6, 6.07) is 8.67. The molecule has 0 aliphatic carbocycles. The number of aliphatic hydroxyl groups excluding tert-OH is 1. The van der Waals surface area contributed by atoms with Crippen LogP contribution in [-0.4, -0.2) is 46.4 Å². The number of carbonyl (C=O) groups is 1. The molecule has 31 heavy (non-hydrogen) atoms. The lowest BCUT2D eigenvalue weighted by atomic mass is 10.1. The van der Waals surface area contributed by atoms with Crippen LogP contribution < -0.4 is 23.7 Å². The SMILES string of the molecule is COc1cc(OC)c(OC)cc1/C=C/C(O)=C/C(=O)/C=C/c1ccc(OC)c(OC)c1. The number of allylic oxidation sites excluding steroid dienone is 3. The van der Waals surface area contributed by atoms with E-state index in [-0.39, 0.29) is 11.5 Å². The first-order valence-corrected chi connectivity index (χ1v) is 9.28. The average Bonchev–Trinajstić information content (AvgIpc) is 2.80. The Morgan fingerprint density at radius 3 is 1.90 bits per heavy atom. The molecule has 0 saturated carbocycles. The van der Waals surface area contributed by atoms with E-state index >= 15 is 0 Å². The summed E-state index contributed by atoms with van der Waals surface area (Å²) in [5, 5.41) is 10.1. The van der Waals surface area contributed by atoms with Crippen molar-refractivity contribution in [3.05, 3.63) is 65.4 Å². The van der Waals surface area contributed by atoms with Gasteiger partial charge in [-0.25, -0.2) is 0 Å². The minimum absolute atomic E-state index is 0.209. The zero-order valence-electron chi connectivity index (χ0n) is 18.2.